The summed E-state index contributed by atoms with van der Waals surface area (Å²) in [6.07, 6.45) is 2.14. The van der Waals surface area contributed by atoms with Crippen LogP contribution in [0, 0.1) is 10.1 Å². The van der Waals surface area contributed by atoms with E-state index in [2.05, 4.69) is 36.5 Å². The lowest BCUT2D eigenvalue weighted by atomic mass is 10.3. The van der Waals surface area contributed by atoms with E-state index in [4.69, 9.17) is 0 Å². The predicted molar refractivity (Wildman–Crippen MR) is 84.9 cm³/mol. The third-order valence-corrected chi connectivity index (χ3v) is 3.37. The largest absolute Gasteiger partial charge is 0.364 e. The first-order valence-electron chi connectivity index (χ1n) is 6.38. The van der Waals surface area contributed by atoms with Crippen molar-refractivity contribution in [2.24, 2.45) is 0 Å². The van der Waals surface area contributed by atoms with Gasteiger partial charge in [0, 0.05) is 11.0 Å². The van der Waals surface area contributed by atoms with Gasteiger partial charge in [-0.25, -0.2) is 9.97 Å². The molecule has 0 unspecified atom stereocenters. The Kier molecular flexibility index (Phi) is 5.04. The molecule has 0 aliphatic carbocycles. The number of hydrogen-bond acceptors (Lipinski definition) is 6. The molecule has 21 heavy (non-hydrogen) atoms. The van der Waals surface area contributed by atoms with Crippen molar-refractivity contribution in [1.29, 1.82) is 0 Å². The van der Waals surface area contributed by atoms with Crippen LogP contribution in [-0.4, -0.2) is 21.4 Å². The quantitative estimate of drug-likeness (QED) is 0.608. The summed E-state index contributed by atoms with van der Waals surface area (Å²) in [6, 6.07) is 7.33. The summed E-state index contributed by atoms with van der Waals surface area (Å²) in [4.78, 5) is 18.8. The molecule has 0 fully saturated rings. The first-order chi connectivity index (χ1) is 10.1. The summed E-state index contributed by atoms with van der Waals surface area (Å²) in [5.74, 6) is 0.368. The molecule has 0 bridgehead atoms. The van der Waals surface area contributed by atoms with Gasteiger partial charge in [0.25, 0.3) is 0 Å². The van der Waals surface area contributed by atoms with Crippen LogP contribution in [0.5, 0.6) is 0 Å². The second-order valence-corrected chi connectivity index (χ2v) is 5.06. The molecule has 0 aliphatic heterocycles. The van der Waals surface area contributed by atoms with E-state index in [-0.39, 0.29) is 17.3 Å². The number of anilines is 3. The van der Waals surface area contributed by atoms with Crippen molar-refractivity contribution in [2.75, 3.05) is 17.2 Å². The highest BCUT2D eigenvalue weighted by Crippen LogP contribution is 2.33. The van der Waals surface area contributed by atoms with Gasteiger partial charge in [-0.15, -0.1) is 0 Å². The molecule has 1 aromatic carbocycles. The minimum atomic E-state index is -0.489. The van der Waals surface area contributed by atoms with Crippen molar-refractivity contribution in [1.82, 2.24) is 9.97 Å². The van der Waals surface area contributed by atoms with Crippen LogP contribution in [0.25, 0.3) is 0 Å². The third kappa shape index (κ3) is 3.66. The Morgan fingerprint density at radius 2 is 2.00 bits per heavy atom. The molecule has 1 aromatic heterocycles. The highest BCUT2D eigenvalue weighted by atomic mass is 79.9. The standard InChI is InChI=1S/C13H14BrN5O2/c1-2-7-15-12-11(19(20)21)13(17-8-16-12)18-10-6-4-3-5-9(10)14/h3-6,8H,2,7H2,1H3,(H2,15,16,17,18). The van der Waals surface area contributed by atoms with Crippen molar-refractivity contribution in [3.63, 3.8) is 0 Å². The number of nitro groups is 1. The molecule has 0 aliphatic rings. The molecular formula is C13H14BrN5O2. The molecule has 0 spiro atoms. The molecular weight excluding hydrogens is 338 g/mol. The zero-order valence-corrected chi connectivity index (χ0v) is 12.9. The first kappa shape index (κ1) is 15.2. The fraction of sp³-hybridized carbons (Fsp3) is 0.231. The Balaban J connectivity index is 2.39. The number of rotatable bonds is 6. The van der Waals surface area contributed by atoms with Gasteiger partial charge in [-0.05, 0) is 34.5 Å². The van der Waals surface area contributed by atoms with Crippen molar-refractivity contribution in [3.8, 4) is 0 Å². The number of hydrogen-bond donors (Lipinski definition) is 2. The van der Waals surface area contributed by atoms with Gasteiger partial charge in [0.1, 0.15) is 6.33 Å². The number of para-hydroxylation sites is 1. The number of nitrogens with one attached hydrogen (secondary N) is 2. The summed E-state index contributed by atoms with van der Waals surface area (Å²) in [5.41, 5.74) is 0.530. The molecule has 0 saturated heterocycles. The summed E-state index contributed by atoms with van der Waals surface area (Å²) in [7, 11) is 0. The summed E-state index contributed by atoms with van der Waals surface area (Å²) >= 11 is 3.38. The molecule has 1 heterocycles. The Hall–Kier alpha value is -2.22. The van der Waals surface area contributed by atoms with Gasteiger partial charge in [-0.2, -0.15) is 0 Å². The number of aromatic nitrogens is 2. The highest BCUT2D eigenvalue weighted by Gasteiger charge is 2.23. The first-order valence-corrected chi connectivity index (χ1v) is 7.17. The van der Waals surface area contributed by atoms with Crippen LogP contribution < -0.4 is 10.6 Å². The van der Waals surface area contributed by atoms with E-state index >= 15 is 0 Å². The van der Waals surface area contributed by atoms with Gasteiger partial charge in [0.15, 0.2) is 0 Å². The average molecular weight is 352 g/mol. The van der Waals surface area contributed by atoms with Crippen LogP contribution >= 0.6 is 15.9 Å². The Bertz CT molecular complexity index is 650. The summed E-state index contributed by atoms with van der Waals surface area (Å²) < 4.78 is 0.793. The summed E-state index contributed by atoms with van der Waals surface area (Å²) in [5, 5.41) is 17.2. The van der Waals surface area contributed by atoms with Gasteiger partial charge in [-0.1, -0.05) is 19.1 Å². The van der Waals surface area contributed by atoms with Gasteiger partial charge < -0.3 is 10.6 Å². The van der Waals surface area contributed by atoms with E-state index in [1.54, 1.807) is 6.07 Å². The molecule has 110 valence electrons. The maximum atomic E-state index is 11.3. The lowest BCUT2D eigenvalue weighted by Gasteiger charge is -2.10. The van der Waals surface area contributed by atoms with E-state index in [1.165, 1.54) is 6.33 Å². The van der Waals surface area contributed by atoms with Crippen LogP contribution in [0.4, 0.5) is 23.0 Å². The van der Waals surface area contributed by atoms with Crippen LogP contribution in [0.1, 0.15) is 13.3 Å². The predicted octanol–water partition coefficient (Wildman–Crippen LogP) is 3.71. The molecule has 2 aromatic rings. The highest BCUT2D eigenvalue weighted by molar-refractivity contribution is 9.10. The lowest BCUT2D eigenvalue weighted by molar-refractivity contribution is -0.383. The zero-order valence-electron chi connectivity index (χ0n) is 11.3. The van der Waals surface area contributed by atoms with Gasteiger partial charge >= 0.3 is 5.69 Å². The molecule has 0 amide bonds. The topological polar surface area (TPSA) is 93.0 Å². The number of nitrogens with zero attached hydrogens (tertiary/aromatic N) is 3. The normalized spacial score (nSPS) is 10.2. The van der Waals surface area contributed by atoms with Crippen molar-refractivity contribution < 1.29 is 4.92 Å². The van der Waals surface area contributed by atoms with E-state index in [1.807, 2.05) is 25.1 Å². The number of benzene rings is 1. The van der Waals surface area contributed by atoms with E-state index in [0.29, 0.717) is 12.2 Å². The van der Waals surface area contributed by atoms with E-state index in [0.717, 1.165) is 10.9 Å². The van der Waals surface area contributed by atoms with Crippen LogP contribution in [-0.2, 0) is 0 Å². The Labute approximate surface area is 130 Å². The molecule has 2 rings (SSSR count). The van der Waals surface area contributed by atoms with Crippen LogP contribution in [0.15, 0.2) is 35.1 Å². The van der Waals surface area contributed by atoms with Crippen molar-refractivity contribution in [2.45, 2.75) is 13.3 Å². The maximum absolute atomic E-state index is 11.3. The van der Waals surface area contributed by atoms with Gasteiger partial charge in [0.05, 0.1) is 10.6 Å². The zero-order chi connectivity index (χ0) is 15.2. The molecule has 2 N–H and O–H groups in total. The van der Waals surface area contributed by atoms with Crippen LogP contribution in [0.2, 0.25) is 0 Å². The monoisotopic (exact) mass is 351 g/mol. The smallest absolute Gasteiger partial charge is 0.353 e. The molecule has 0 saturated carbocycles. The van der Waals surface area contributed by atoms with Gasteiger partial charge in [-0.3, -0.25) is 10.1 Å². The second-order valence-electron chi connectivity index (χ2n) is 4.21. The van der Waals surface area contributed by atoms with Crippen LogP contribution in [0.3, 0.4) is 0 Å². The number of halogens is 1. The molecule has 8 heteroatoms. The van der Waals surface area contributed by atoms with Crippen molar-refractivity contribution >= 4 is 38.9 Å². The van der Waals surface area contributed by atoms with Crippen molar-refractivity contribution in [3.05, 3.63) is 45.2 Å². The Morgan fingerprint density at radius 3 is 2.67 bits per heavy atom. The molecule has 7 nitrogen and oxygen atoms in total. The maximum Gasteiger partial charge on any atom is 0.353 e. The van der Waals surface area contributed by atoms with E-state index in [9.17, 15) is 10.1 Å². The lowest BCUT2D eigenvalue weighted by Crippen LogP contribution is -2.08. The molecule has 0 radical (unpaired) electrons. The van der Waals surface area contributed by atoms with Gasteiger partial charge in [0.2, 0.25) is 11.6 Å². The minimum absolute atomic E-state index is 0.153. The minimum Gasteiger partial charge on any atom is -0.364 e. The van der Waals surface area contributed by atoms with E-state index < -0.39 is 4.92 Å². The summed E-state index contributed by atoms with van der Waals surface area (Å²) in [6.45, 7) is 2.58. The molecule has 0 atom stereocenters. The Morgan fingerprint density at radius 1 is 1.29 bits per heavy atom. The fourth-order valence-electron chi connectivity index (χ4n) is 1.71. The second kappa shape index (κ2) is 6.98. The average Bonchev–Trinajstić information content (AvgIpc) is 2.47. The SMILES string of the molecule is CCCNc1ncnc(Nc2ccccc2Br)c1[N+](=O)[O-]. The fourth-order valence-corrected chi connectivity index (χ4v) is 2.09. The third-order valence-electron chi connectivity index (χ3n) is 2.67.